The highest BCUT2D eigenvalue weighted by Crippen LogP contribution is 2.22. The Labute approximate surface area is 94.1 Å². The van der Waals surface area contributed by atoms with Crippen molar-refractivity contribution in [1.82, 2.24) is 5.32 Å². The molecule has 1 aromatic rings. The lowest BCUT2D eigenvalue weighted by molar-refractivity contribution is 0.443. The monoisotopic (exact) mass is 289 g/mol. The standard InChI is InChI=1S/C11H16IN/c1-8(2)11(13-3)9-5-4-6-10(12)7-9/h4-8,11,13H,1-3H3. The van der Waals surface area contributed by atoms with Crippen LogP contribution in [0.25, 0.3) is 0 Å². The van der Waals surface area contributed by atoms with Crippen LogP contribution in [0.2, 0.25) is 0 Å². The predicted molar refractivity (Wildman–Crippen MR) is 65.8 cm³/mol. The minimum Gasteiger partial charge on any atom is -0.313 e. The zero-order valence-corrected chi connectivity index (χ0v) is 10.5. The third-order valence-corrected chi connectivity index (χ3v) is 2.86. The van der Waals surface area contributed by atoms with Gasteiger partial charge in [0.1, 0.15) is 0 Å². The van der Waals surface area contributed by atoms with Crippen molar-refractivity contribution in [1.29, 1.82) is 0 Å². The van der Waals surface area contributed by atoms with Crippen LogP contribution in [0.5, 0.6) is 0 Å². The van der Waals surface area contributed by atoms with E-state index >= 15 is 0 Å². The third-order valence-electron chi connectivity index (χ3n) is 2.19. The first-order valence-electron chi connectivity index (χ1n) is 4.58. The fourth-order valence-electron chi connectivity index (χ4n) is 1.58. The molecule has 0 aliphatic rings. The first kappa shape index (κ1) is 11.0. The maximum Gasteiger partial charge on any atom is 0.0341 e. The Bertz CT molecular complexity index is 271. The summed E-state index contributed by atoms with van der Waals surface area (Å²) in [7, 11) is 2.02. The molecule has 1 atom stereocenters. The molecular weight excluding hydrogens is 273 g/mol. The minimum absolute atomic E-state index is 0.467. The van der Waals surface area contributed by atoms with E-state index < -0.39 is 0 Å². The van der Waals surface area contributed by atoms with Gasteiger partial charge in [0.15, 0.2) is 0 Å². The van der Waals surface area contributed by atoms with Gasteiger partial charge in [-0.15, -0.1) is 0 Å². The number of hydrogen-bond acceptors (Lipinski definition) is 1. The van der Waals surface area contributed by atoms with E-state index in [1.54, 1.807) is 0 Å². The smallest absolute Gasteiger partial charge is 0.0341 e. The van der Waals surface area contributed by atoms with Crippen LogP contribution in [0.1, 0.15) is 25.5 Å². The second-order valence-corrected chi connectivity index (χ2v) is 4.81. The molecule has 1 N–H and O–H groups in total. The van der Waals surface area contributed by atoms with E-state index in [1.165, 1.54) is 9.13 Å². The topological polar surface area (TPSA) is 12.0 Å². The van der Waals surface area contributed by atoms with Crippen molar-refractivity contribution < 1.29 is 0 Å². The second kappa shape index (κ2) is 4.96. The van der Waals surface area contributed by atoms with E-state index in [0.717, 1.165) is 0 Å². The highest BCUT2D eigenvalue weighted by Gasteiger charge is 2.12. The molecular formula is C11H16IN. The quantitative estimate of drug-likeness (QED) is 0.843. The van der Waals surface area contributed by atoms with Crippen LogP contribution >= 0.6 is 22.6 Å². The summed E-state index contributed by atoms with van der Waals surface area (Å²) in [6.07, 6.45) is 0. The molecule has 0 spiro atoms. The number of halogens is 1. The molecule has 1 aromatic carbocycles. The predicted octanol–water partition coefficient (Wildman–Crippen LogP) is 3.21. The van der Waals surface area contributed by atoms with E-state index in [9.17, 15) is 0 Å². The zero-order valence-electron chi connectivity index (χ0n) is 8.34. The van der Waals surface area contributed by atoms with Crippen molar-refractivity contribution in [2.75, 3.05) is 7.05 Å². The van der Waals surface area contributed by atoms with E-state index in [0.29, 0.717) is 12.0 Å². The Morgan fingerprint density at radius 2 is 2.00 bits per heavy atom. The maximum atomic E-state index is 3.34. The molecule has 0 aliphatic heterocycles. The highest BCUT2D eigenvalue weighted by atomic mass is 127. The molecule has 0 aliphatic carbocycles. The van der Waals surface area contributed by atoms with Gasteiger partial charge in [-0.05, 0) is 53.3 Å². The fourth-order valence-corrected chi connectivity index (χ4v) is 2.15. The summed E-state index contributed by atoms with van der Waals surface area (Å²) in [6.45, 7) is 4.47. The molecule has 0 heterocycles. The molecule has 13 heavy (non-hydrogen) atoms. The van der Waals surface area contributed by atoms with Gasteiger partial charge in [0.2, 0.25) is 0 Å². The van der Waals surface area contributed by atoms with Gasteiger partial charge in [-0.2, -0.15) is 0 Å². The van der Waals surface area contributed by atoms with Gasteiger partial charge in [-0.25, -0.2) is 0 Å². The summed E-state index contributed by atoms with van der Waals surface area (Å²) in [6, 6.07) is 9.13. The van der Waals surface area contributed by atoms with Crippen LogP contribution in [0.15, 0.2) is 24.3 Å². The molecule has 0 saturated heterocycles. The van der Waals surface area contributed by atoms with Crippen molar-refractivity contribution in [3.05, 3.63) is 33.4 Å². The first-order valence-corrected chi connectivity index (χ1v) is 5.65. The first-order chi connectivity index (χ1) is 6.15. The second-order valence-electron chi connectivity index (χ2n) is 3.57. The van der Waals surface area contributed by atoms with E-state index in [2.05, 4.69) is 66.0 Å². The number of nitrogens with one attached hydrogen (secondary N) is 1. The SMILES string of the molecule is CNC(c1cccc(I)c1)C(C)C. The van der Waals surface area contributed by atoms with Crippen LogP contribution in [-0.4, -0.2) is 7.05 Å². The number of hydrogen-bond donors (Lipinski definition) is 1. The van der Waals surface area contributed by atoms with Crippen molar-refractivity contribution in [2.45, 2.75) is 19.9 Å². The van der Waals surface area contributed by atoms with Gasteiger partial charge in [0, 0.05) is 9.61 Å². The average molecular weight is 289 g/mol. The Hall–Kier alpha value is -0.0900. The lowest BCUT2D eigenvalue weighted by Crippen LogP contribution is -2.21. The van der Waals surface area contributed by atoms with Crippen molar-refractivity contribution in [3.8, 4) is 0 Å². The summed E-state index contributed by atoms with van der Waals surface area (Å²) in [5.41, 5.74) is 1.38. The Balaban J connectivity index is 2.91. The summed E-state index contributed by atoms with van der Waals surface area (Å²) in [4.78, 5) is 0. The molecule has 72 valence electrons. The zero-order chi connectivity index (χ0) is 9.84. The molecule has 0 bridgehead atoms. The average Bonchev–Trinajstić information content (AvgIpc) is 2.04. The normalized spacial score (nSPS) is 13.3. The Morgan fingerprint density at radius 1 is 1.31 bits per heavy atom. The van der Waals surface area contributed by atoms with Gasteiger partial charge in [0.05, 0.1) is 0 Å². The van der Waals surface area contributed by atoms with Gasteiger partial charge in [-0.1, -0.05) is 26.0 Å². The van der Waals surface area contributed by atoms with Crippen LogP contribution in [0, 0.1) is 9.49 Å². The van der Waals surface area contributed by atoms with Gasteiger partial charge < -0.3 is 5.32 Å². The molecule has 2 heteroatoms. The van der Waals surface area contributed by atoms with Crippen LogP contribution < -0.4 is 5.32 Å². The van der Waals surface area contributed by atoms with Crippen LogP contribution in [-0.2, 0) is 0 Å². The molecule has 0 amide bonds. The molecule has 0 radical (unpaired) electrons. The van der Waals surface area contributed by atoms with Crippen molar-refractivity contribution >= 4 is 22.6 Å². The highest BCUT2D eigenvalue weighted by molar-refractivity contribution is 14.1. The molecule has 1 nitrogen and oxygen atoms in total. The van der Waals surface area contributed by atoms with E-state index in [1.807, 2.05) is 7.05 Å². The molecule has 1 unspecified atom stereocenters. The summed E-state index contributed by atoms with van der Waals surface area (Å²) in [5.74, 6) is 0.628. The Morgan fingerprint density at radius 3 is 2.46 bits per heavy atom. The molecule has 1 rings (SSSR count). The maximum absolute atomic E-state index is 3.34. The van der Waals surface area contributed by atoms with Crippen molar-refractivity contribution in [3.63, 3.8) is 0 Å². The molecule has 0 fully saturated rings. The van der Waals surface area contributed by atoms with Crippen LogP contribution in [0.4, 0.5) is 0 Å². The lowest BCUT2D eigenvalue weighted by Gasteiger charge is -2.20. The Kier molecular flexibility index (Phi) is 4.19. The minimum atomic E-state index is 0.467. The largest absolute Gasteiger partial charge is 0.313 e. The summed E-state index contributed by atoms with van der Waals surface area (Å²) >= 11 is 2.35. The fraction of sp³-hybridized carbons (Fsp3) is 0.455. The molecule has 0 saturated carbocycles. The summed E-state index contributed by atoms with van der Waals surface area (Å²) < 4.78 is 1.30. The van der Waals surface area contributed by atoms with E-state index in [4.69, 9.17) is 0 Å². The number of rotatable bonds is 3. The number of benzene rings is 1. The van der Waals surface area contributed by atoms with E-state index in [-0.39, 0.29) is 0 Å². The van der Waals surface area contributed by atoms with Gasteiger partial charge in [-0.3, -0.25) is 0 Å². The summed E-state index contributed by atoms with van der Waals surface area (Å²) in [5, 5.41) is 3.34. The molecule has 0 aromatic heterocycles. The van der Waals surface area contributed by atoms with Crippen LogP contribution in [0.3, 0.4) is 0 Å². The third kappa shape index (κ3) is 2.95. The van der Waals surface area contributed by atoms with Gasteiger partial charge in [0.25, 0.3) is 0 Å². The van der Waals surface area contributed by atoms with Crippen molar-refractivity contribution in [2.24, 2.45) is 5.92 Å². The van der Waals surface area contributed by atoms with Gasteiger partial charge >= 0.3 is 0 Å². The lowest BCUT2D eigenvalue weighted by atomic mass is 9.96.